The van der Waals surface area contributed by atoms with E-state index in [9.17, 15) is 4.79 Å². The summed E-state index contributed by atoms with van der Waals surface area (Å²) >= 11 is 0. The van der Waals surface area contributed by atoms with E-state index < -0.39 is 0 Å². The molecule has 0 bridgehead atoms. The summed E-state index contributed by atoms with van der Waals surface area (Å²) in [5, 5.41) is 0. The summed E-state index contributed by atoms with van der Waals surface area (Å²) in [6.07, 6.45) is 16.9. The molecule has 0 atom stereocenters. The molecule has 0 radical (unpaired) electrons. The molecular weight excluding hydrogens is 274 g/mol. The fraction of sp³-hybridized carbons (Fsp3) is 0.895. The van der Waals surface area contributed by atoms with Gasteiger partial charge in [-0.25, -0.2) is 0 Å². The molecule has 134 valence electrons. The average Bonchev–Trinajstić information content (AvgIpc) is 2.49. The van der Waals surface area contributed by atoms with Gasteiger partial charge < -0.3 is 17.9 Å². The van der Waals surface area contributed by atoms with Gasteiger partial charge in [0.2, 0.25) is 0 Å². The first-order chi connectivity index (χ1) is 10.3. The largest absolute Gasteiger partial charge is 0.466 e. The zero-order valence-corrected chi connectivity index (χ0v) is 15.3. The van der Waals surface area contributed by atoms with Crippen molar-refractivity contribution in [1.29, 1.82) is 0 Å². The standard InChI is InChI=1S/C18H37NO2.CH3/c1-2-3-4-5-6-7-8-9-10-14-17-21-18(20)15-12-11-13-16-19;/h2-17,19H2,1H3;1H3/q;-1/p+1. The number of unbranched alkanes of at least 4 members (excludes halogenated alkanes) is 11. The quantitative estimate of drug-likeness (QED) is 0.255. The Labute approximate surface area is 139 Å². The first kappa shape index (κ1) is 23.7. The molecule has 0 fully saturated rings. The number of ether oxygens (including phenoxy) is 1. The van der Waals surface area contributed by atoms with E-state index in [2.05, 4.69) is 12.7 Å². The third kappa shape index (κ3) is 19.4. The Morgan fingerprint density at radius 3 is 1.82 bits per heavy atom. The molecule has 0 rings (SSSR count). The van der Waals surface area contributed by atoms with Crippen molar-refractivity contribution in [2.45, 2.75) is 96.8 Å². The van der Waals surface area contributed by atoms with E-state index in [1.807, 2.05) is 0 Å². The normalized spacial score (nSPS) is 10.3. The number of carbonyl (C=O) groups is 1. The van der Waals surface area contributed by atoms with Crippen LogP contribution in [-0.2, 0) is 9.53 Å². The lowest BCUT2D eigenvalue weighted by Crippen LogP contribution is -2.50. The molecular formula is C19H41NO2. The van der Waals surface area contributed by atoms with Crippen molar-refractivity contribution >= 4 is 5.97 Å². The summed E-state index contributed by atoms with van der Waals surface area (Å²) in [5.41, 5.74) is 3.80. The second-order valence-electron chi connectivity index (χ2n) is 6.07. The van der Waals surface area contributed by atoms with Crippen LogP contribution in [0, 0.1) is 7.43 Å². The Morgan fingerprint density at radius 1 is 0.773 bits per heavy atom. The number of hydrogen-bond acceptors (Lipinski definition) is 2. The Kier molecular flexibility index (Phi) is 22.0. The topological polar surface area (TPSA) is 53.9 Å². The van der Waals surface area contributed by atoms with Gasteiger partial charge >= 0.3 is 5.97 Å². The summed E-state index contributed by atoms with van der Waals surface area (Å²) in [6, 6.07) is 0. The summed E-state index contributed by atoms with van der Waals surface area (Å²) in [7, 11) is 0. The minimum absolute atomic E-state index is 0. The molecule has 3 N–H and O–H groups in total. The zero-order chi connectivity index (χ0) is 15.6. The van der Waals surface area contributed by atoms with E-state index in [0.29, 0.717) is 13.0 Å². The van der Waals surface area contributed by atoms with Crippen LogP contribution in [0.2, 0.25) is 0 Å². The average molecular weight is 316 g/mol. The highest BCUT2D eigenvalue weighted by atomic mass is 16.5. The van der Waals surface area contributed by atoms with Gasteiger partial charge in [-0.15, -0.1) is 0 Å². The van der Waals surface area contributed by atoms with Gasteiger partial charge in [0.05, 0.1) is 13.2 Å². The van der Waals surface area contributed by atoms with E-state index in [1.54, 1.807) is 0 Å². The third-order valence-corrected chi connectivity index (χ3v) is 3.89. The van der Waals surface area contributed by atoms with Crippen molar-refractivity contribution in [2.24, 2.45) is 0 Å². The molecule has 0 unspecified atom stereocenters. The number of rotatable bonds is 16. The molecule has 0 aliphatic carbocycles. The summed E-state index contributed by atoms with van der Waals surface area (Å²) in [6.45, 7) is 3.84. The Hall–Kier alpha value is -0.570. The fourth-order valence-corrected chi connectivity index (χ4v) is 2.47. The van der Waals surface area contributed by atoms with Gasteiger partial charge in [-0.3, -0.25) is 4.79 Å². The molecule has 0 aromatic heterocycles. The highest BCUT2D eigenvalue weighted by Crippen LogP contribution is 2.10. The van der Waals surface area contributed by atoms with Crippen LogP contribution in [0.1, 0.15) is 96.8 Å². The molecule has 0 aromatic rings. The third-order valence-electron chi connectivity index (χ3n) is 3.89. The molecule has 3 heteroatoms. The van der Waals surface area contributed by atoms with Gasteiger partial charge in [0.25, 0.3) is 0 Å². The lowest BCUT2D eigenvalue weighted by molar-refractivity contribution is -0.368. The van der Waals surface area contributed by atoms with Crippen LogP contribution < -0.4 is 5.73 Å². The fourth-order valence-electron chi connectivity index (χ4n) is 2.47. The lowest BCUT2D eigenvalue weighted by Gasteiger charge is -2.05. The number of esters is 1. The maximum absolute atomic E-state index is 11.4. The number of hydrogen-bond donors (Lipinski definition) is 1. The molecule has 0 heterocycles. The summed E-state index contributed by atoms with van der Waals surface area (Å²) < 4.78 is 5.24. The lowest BCUT2D eigenvalue weighted by atomic mass is 10.1. The van der Waals surface area contributed by atoms with Crippen molar-refractivity contribution in [1.82, 2.24) is 0 Å². The van der Waals surface area contributed by atoms with E-state index in [4.69, 9.17) is 4.74 Å². The van der Waals surface area contributed by atoms with Gasteiger partial charge in [-0.1, -0.05) is 64.7 Å². The van der Waals surface area contributed by atoms with Crippen molar-refractivity contribution in [2.75, 3.05) is 13.2 Å². The monoisotopic (exact) mass is 315 g/mol. The second-order valence-corrected chi connectivity index (χ2v) is 6.07. The molecule has 0 aliphatic heterocycles. The van der Waals surface area contributed by atoms with Gasteiger partial charge in [0.1, 0.15) is 0 Å². The molecule has 0 saturated heterocycles. The highest BCUT2D eigenvalue weighted by Gasteiger charge is 2.02. The van der Waals surface area contributed by atoms with Gasteiger partial charge in [0.15, 0.2) is 0 Å². The molecule has 22 heavy (non-hydrogen) atoms. The highest BCUT2D eigenvalue weighted by molar-refractivity contribution is 5.69. The van der Waals surface area contributed by atoms with E-state index in [0.717, 1.165) is 32.2 Å². The summed E-state index contributed by atoms with van der Waals surface area (Å²) in [5.74, 6) is -0.0185. The maximum atomic E-state index is 11.4. The number of carbonyl (C=O) groups excluding carboxylic acids is 1. The second kappa shape index (κ2) is 20.4. The van der Waals surface area contributed by atoms with E-state index >= 15 is 0 Å². The van der Waals surface area contributed by atoms with E-state index in [-0.39, 0.29) is 13.4 Å². The minimum atomic E-state index is -0.0185. The van der Waals surface area contributed by atoms with Gasteiger partial charge in [-0.2, -0.15) is 0 Å². The maximum Gasteiger partial charge on any atom is 0.305 e. The first-order valence-corrected chi connectivity index (χ1v) is 9.26. The van der Waals surface area contributed by atoms with Crippen LogP contribution in [0.3, 0.4) is 0 Å². The Morgan fingerprint density at radius 2 is 1.27 bits per heavy atom. The molecule has 0 amide bonds. The van der Waals surface area contributed by atoms with Crippen molar-refractivity contribution < 1.29 is 15.3 Å². The van der Waals surface area contributed by atoms with Crippen LogP contribution in [0.25, 0.3) is 0 Å². The molecule has 0 aromatic carbocycles. The molecule has 0 saturated carbocycles. The number of quaternary nitrogens is 1. The summed E-state index contributed by atoms with van der Waals surface area (Å²) in [4.78, 5) is 11.4. The van der Waals surface area contributed by atoms with Gasteiger partial charge in [-0.05, 0) is 25.7 Å². The van der Waals surface area contributed by atoms with Crippen LogP contribution >= 0.6 is 0 Å². The molecule has 0 spiro atoms. The smallest absolute Gasteiger partial charge is 0.305 e. The van der Waals surface area contributed by atoms with Crippen LogP contribution in [0.5, 0.6) is 0 Å². The predicted octanol–water partition coefficient (Wildman–Crippen LogP) is 4.70. The SMILES string of the molecule is CCCCCCCCCCCCOC(=O)CCCCC[NH3+].[CH3-]. The molecule has 0 aliphatic rings. The molecule has 3 nitrogen and oxygen atoms in total. The van der Waals surface area contributed by atoms with E-state index in [1.165, 1.54) is 57.8 Å². The Balaban J connectivity index is 0. The Bertz CT molecular complexity index is 219. The zero-order valence-electron chi connectivity index (χ0n) is 15.3. The van der Waals surface area contributed by atoms with Crippen molar-refractivity contribution in [3.8, 4) is 0 Å². The first-order valence-electron chi connectivity index (χ1n) is 9.26. The van der Waals surface area contributed by atoms with Crippen LogP contribution in [0.15, 0.2) is 0 Å². The van der Waals surface area contributed by atoms with Crippen molar-refractivity contribution in [3.63, 3.8) is 0 Å². The minimum Gasteiger partial charge on any atom is -0.466 e. The van der Waals surface area contributed by atoms with Crippen molar-refractivity contribution in [3.05, 3.63) is 7.43 Å². The van der Waals surface area contributed by atoms with Crippen LogP contribution in [0.4, 0.5) is 0 Å². The predicted molar refractivity (Wildman–Crippen MR) is 95.4 cm³/mol. The van der Waals surface area contributed by atoms with Gasteiger partial charge in [0, 0.05) is 6.42 Å². The van der Waals surface area contributed by atoms with Crippen LogP contribution in [-0.4, -0.2) is 19.1 Å².